The molecule has 1 N–H and O–H groups in total. The molecule has 19 heavy (non-hydrogen) atoms. The molecule has 0 aliphatic rings. The maximum absolute atomic E-state index is 12.3. The van der Waals surface area contributed by atoms with Crippen LogP contribution in [0.4, 0.5) is 0 Å². The van der Waals surface area contributed by atoms with Gasteiger partial charge in [-0.2, -0.15) is 0 Å². The fraction of sp³-hybridized carbons (Fsp3) is 0.375. The second-order valence-corrected chi connectivity index (χ2v) is 5.44. The lowest BCUT2D eigenvalue weighted by Crippen LogP contribution is -2.27. The summed E-state index contributed by atoms with van der Waals surface area (Å²) < 4.78 is 0. The molecule has 1 amide bonds. The first-order valence-corrected chi connectivity index (χ1v) is 6.63. The number of rotatable bonds is 3. The summed E-state index contributed by atoms with van der Waals surface area (Å²) in [5.74, 6) is 0.426. The van der Waals surface area contributed by atoms with Gasteiger partial charge in [-0.1, -0.05) is 25.5 Å². The van der Waals surface area contributed by atoms with Crippen LogP contribution in [0.2, 0.25) is 0 Å². The number of hydrogen-bond acceptors (Lipinski definition) is 2. The number of hydrogen-bond donors (Lipinski definition) is 1. The zero-order valence-corrected chi connectivity index (χ0v) is 11.9. The molecular weight excluding hydrogens is 236 g/mol. The highest BCUT2D eigenvalue weighted by Crippen LogP contribution is 2.20. The monoisotopic (exact) mass is 256 g/mol. The van der Waals surface area contributed by atoms with Crippen LogP contribution >= 0.6 is 0 Å². The van der Waals surface area contributed by atoms with Crippen molar-refractivity contribution >= 4 is 16.8 Å². The normalized spacial score (nSPS) is 11.0. The summed E-state index contributed by atoms with van der Waals surface area (Å²) in [7, 11) is 0. The molecule has 1 heterocycles. The van der Waals surface area contributed by atoms with Gasteiger partial charge >= 0.3 is 0 Å². The van der Waals surface area contributed by atoms with Gasteiger partial charge in [0.25, 0.3) is 5.91 Å². The van der Waals surface area contributed by atoms with Crippen molar-refractivity contribution in [3.05, 3.63) is 41.1 Å². The smallest absolute Gasteiger partial charge is 0.252 e. The highest BCUT2D eigenvalue weighted by molar-refractivity contribution is 6.06. The van der Waals surface area contributed by atoms with E-state index in [9.17, 15) is 4.79 Å². The number of pyridine rings is 1. The number of benzene rings is 1. The Morgan fingerprint density at radius 2 is 2.00 bits per heavy atom. The van der Waals surface area contributed by atoms with Crippen LogP contribution in [-0.2, 0) is 0 Å². The van der Waals surface area contributed by atoms with E-state index in [2.05, 4.69) is 24.1 Å². The number of aromatic nitrogens is 1. The number of nitrogens with one attached hydrogen (secondary N) is 1. The van der Waals surface area contributed by atoms with Gasteiger partial charge in [-0.3, -0.25) is 9.78 Å². The van der Waals surface area contributed by atoms with Crippen molar-refractivity contribution in [3.63, 3.8) is 0 Å². The van der Waals surface area contributed by atoms with Gasteiger partial charge < -0.3 is 5.32 Å². The zero-order valence-electron chi connectivity index (χ0n) is 11.9. The first-order chi connectivity index (χ1) is 8.97. The number of nitrogens with zero attached hydrogens (tertiary/aromatic N) is 1. The van der Waals surface area contributed by atoms with E-state index >= 15 is 0 Å². The third-order valence-corrected chi connectivity index (χ3v) is 3.01. The van der Waals surface area contributed by atoms with Crippen LogP contribution in [0.25, 0.3) is 10.9 Å². The molecule has 0 saturated carbocycles. The Morgan fingerprint density at radius 3 is 2.68 bits per heavy atom. The van der Waals surface area contributed by atoms with Gasteiger partial charge in [0.15, 0.2) is 0 Å². The van der Waals surface area contributed by atoms with Crippen LogP contribution in [0.15, 0.2) is 24.3 Å². The number of fused-ring (bicyclic) bond motifs is 1. The summed E-state index contributed by atoms with van der Waals surface area (Å²) in [5.41, 5.74) is 3.59. The van der Waals surface area contributed by atoms with E-state index in [0.29, 0.717) is 18.0 Å². The summed E-state index contributed by atoms with van der Waals surface area (Å²) in [6, 6.07) is 7.87. The molecule has 100 valence electrons. The maximum atomic E-state index is 12.3. The van der Waals surface area contributed by atoms with Crippen molar-refractivity contribution < 1.29 is 4.79 Å². The van der Waals surface area contributed by atoms with Gasteiger partial charge in [0.1, 0.15) is 0 Å². The molecule has 0 aliphatic heterocycles. The summed E-state index contributed by atoms with van der Waals surface area (Å²) in [6.07, 6.45) is 0. The van der Waals surface area contributed by atoms with Crippen LogP contribution in [0.5, 0.6) is 0 Å². The average molecular weight is 256 g/mol. The lowest BCUT2D eigenvalue weighted by atomic mass is 10.0. The Balaban J connectivity index is 2.46. The molecule has 3 nitrogen and oxygen atoms in total. The Hall–Kier alpha value is -1.90. The van der Waals surface area contributed by atoms with Gasteiger partial charge in [-0.25, -0.2) is 0 Å². The predicted molar refractivity (Wildman–Crippen MR) is 78.4 cm³/mol. The summed E-state index contributed by atoms with van der Waals surface area (Å²) in [5, 5.41) is 3.89. The minimum Gasteiger partial charge on any atom is -0.352 e. The molecule has 0 atom stereocenters. The van der Waals surface area contributed by atoms with Crippen LogP contribution in [0.1, 0.15) is 35.5 Å². The molecule has 0 fully saturated rings. The van der Waals surface area contributed by atoms with Crippen LogP contribution in [0.3, 0.4) is 0 Å². The molecular formula is C16H20N2O. The van der Waals surface area contributed by atoms with Crippen molar-refractivity contribution in [3.8, 4) is 0 Å². The largest absolute Gasteiger partial charge is 0.352 e. The van der Waals surface area contributed by atoms with E-state index in [1.54, 1.807) is 0 Å². The SMILES string of the molecule is Cc1ccc2nc(C)cc(C(=O)NCC(C)C)c2c1. The molecule has 3 heteroatoms. The third kappa shape index (κ3) is 3.11. The molecule has 0 aliphatic carbocycles. The van der Waals surface area contributed by atoms with E-state index in [1.165, 1.54) is 0 Å². The van der Waals surface area contributed by atoms with Crippen molar-refractivity contribution in [1.29, 1.82) is 0 Å². The summed E-state index contributed by atoms with van der Waals surface area (Å²) >= 11 is 0. The van der Waals surface area contributed by atoms with E-state index < -0.39 is 0 Å². The van der Waals surface area contributed by atoms with Crippen LogP contribution in [0, 0.1) is 19.8 Å². The highest BCUT2D eigenvalue weighted by atomic mass is 16.1. The fourth-order valence-corrected chi connectivity index (χ4v) is 2.05. The molecule has 0 saturated heterocycles. The summed E-state index contributed by atoms with van der Waals surface area (Å²) in [6.45, 7) is 8.79. The number of aryl methyl sites for hydroxylation is 2. The zero-order chi connectivity index (χ0) is 14.0. The molecule has 1 aromatic heterocycles. The Morgan fingerprint density at radius 1 is 1.26 bits per heavy atom. The number of carbonyl (C=O) groups is 1. The van der Waals surface area contributed by atoms with Crippen LogP contribution < -0.4 is 5.32 Å². The molecule has 0 unspecified atom stereocenters. The molecule has 1 aromatic carbocycles. The van der Waals surface area contributed by atoms with Gasteiger partial charge in [-0.15, -0.1) is 0 Å². The number of amides is 1. The minimum atomic E-state index is -0.0187. The van der Waals surface area contributed by atoms with Gasteiger partial charge in [0, 0.05) is 17.6 Å². The molecule has 0 bridgehead atoms. The number of carbonyl (C=O) groups excluding carboxylic acids is 1. The topological polar surface area (TPSA) is 42.0 Å². The predicted octanol–water partition coefficient (Wildman–Crippen LogP) is 3.24. The maximum Gasteiger partial charge on any atom is 0.252 e. The quantitative estimate of drug-likeness (QED) is 0.916. The fourth-order valence-electron chi connectivity index (χ4n) is 2.05. The second-order valence-electron chi connectivity index (χ2n) is 5.44. The highest BCUT2D eigenvalue weighted by Gasteiger charge is 2.12. The van der Waals surface area contributed by atoms with Crippen molar-refractivity contribution in [2.45, 2.75) is 27.7 Å². The molecule has 2 rings (SSSR count). The summed E-state index contributed by atoms with van der Waals surface area (Å²) in [4.78, 5) is 16.8. The first-order valence-electron chi connectivity index (χ1n) is 6.63. The minimum absolute atomic E-state index is 0.0187. The molecule has 0 radical (unpaired) electrons. The van der Waals surface area contributed by atoms with Crippen molar-refractivity contribution in [1.82, 2.24) is 10.3 Å². The Bertz CT molecular complexity index is 617. The second kappa shape index (κ2) is 5.39. The average Bonchev–Trinajstić information content (AvgIpc) is 2.35. The van der Waals surface area contributed by atoms with E-state index in [-0.39, 0.29) is 5.91 Å². The third-order valence-electron chi connectivity index (χ3n) is 3.01. The van der Waals surface area contributed by atoms with Gasteiger partial charge in [-0.05, 0) is 38.0 Å². The van der Waals surface area contributed by atoms with Crippen molar-refractivity contribution in [2.24, 2.45) is 5.92 Å². The Kier molecular flexibility index (Phi) is 3.84. The lowest BCUT2D eigenvalue weighted by Gasteiger charge is -2.11. The standard InChI is InChI=1S/C16H20N2O/c1-10(2)9-17-16(19)14-8-12(4)18-15-6-5-11(3)7-13(14)15/h5-8,10H,9H2,1-4H3,(H,17,19). The first kappa shape index (κ1) is 13.5. The lowest BCUT2D eigenvalue weighted by molar-refractivity contribution is 0.0950. The van der Waals surface area contributed by atoms with Crippen LogP contribution in [-0.4, -0.2) is 17.4 Å². The van der Waals surface area contributed by atoms with E-state index in [4.69, 9.17) is 0 Å². The van der Waals surface area contributed by atoms with E-state index in [1.807, 2.05) is 38.1 Å². The van der Waals surface area contributed by atoms with Gasteiger partial charge in [0.05, 0.1) is 11.1 Å². The molecule has 0 spiro atoms. The molecule has 2 aromatic rings. The van der Waals surface area contributed by atoms with Crippen molar-refractivity contribution in [2.75, 3.05) is 6.54 Å². The van der Waals surface area contributed by atoms with Gasteiger partial charge in [0.2, 0.25) is 0 Å². The van der Waals surface area contributed by atoms with E-state index in [0.717, 1.165) is 22.2 Å². The Labute approximate surface area is 114 Å².